The van der Waals surface area contributed by atoms with Crippen LogP contribution in [0.5, 0.6) is 11.5 Å². The Morgan fingerprint density at radius 1 is 0.923 bits per heavy atom. The van der Waals surface area contributed by atoms with E-state index in [1.54, 1.807) is 14.2 Å². The zero-order valence-corrected chi connectivity index (χ0v) is 22.1. The lowest BCUT2D eigenvalue weighted by Crippen LogP contribution is -2.70. The summed E-state index contributed by atoms with van der Waals surface area (Å²) in [6.07, 6.45) is 0.457. The van der Waals surface area contributed by atoms with Gasteiger partial charge in [0.1, 0.15) is 17.6 Å². The molecule has 2 aromatic rings. The van der Waals surface area contributed by atoms with Crippen LogP contribution < -0.4 is 9.47 Å². The summed E-state index contributed by atoms with van der Waals surface area (Å²) >= 11 is 0. The molecule has 0 saturated carbocycles. The molecule has 0 aliphatic carbocycles. The van der Waals surface area contributed by atoms with E-state index in [1.165, 1.54) is 4.90 Å². The molecule has 2 bridgehead atoms. The maximum absolute atomic E-state index is 12.9. The second kappa shape index (κ2) is 10.9. The van der Waals surface area contributed by atoms with Crippen LogP contribution in [0.1, 0.15) is 43.2 Å². The van der Waals surface area contributed by atoms with E-state index in [4.69, 9.17) is 23.7 Å². The van der Waals surface area contributed by atoms with Crippen molar-refractivity contribution < 1.29 is 43.2 Å². The lowest BCUT2D eigenvalue weighted by atomic mass is 9.94. The second-order valence-corrected chi connectivity index (χ2v) is 10.3. The Balaban J connectivity index is 1.33. The average Bonchev–Trinajstić information content (AvgIpc) is 2.97. The molecule has 1 N–H and O–H groups in total. The quantitative estimate of drug-likeness (QED) is 0.396. The molecule has 208 valence electrons. The summed E-state index contributed by atoms with van der Waals surface area (Å²) in [4.78, 5) is 39.8. The standard InChI is InChI=1S/C29H33NO9/c1-30-16-15-23(26-29(30)38-25(32)18-28(34,27(33)39-29)17-24(31)37-26)36-22-14-8-6-12-20(22)11-4-3-9-19-10-5-7-13-21(19)35-2/h5-8,10,12-14,23,26,34H,3-4,9,11,15-18H2,1-2H3. The number of para-hydroxylation sites is 2. The zero-order chi connectivity index (χ0) is 27.6. The lowest BCUT2D eigenvalue weighted by Gasteiger charge is -2.49. The van der Waals surface area contributed by atoms with Crippen LogP contribution in [0.25, 0.3) is 0 Å². The van der Waals surface area contributed by atoms with E-state index in [-0.39, 0.29) is 0 Å². The van der Waals surface area contributed by atoms with Crippen LogP contribution in [0.15, 0.2) is 48.5 Å². The van der Waals surface area contributed by atoms with Gasteiger partial charge >= 0.3 is 23.8 Å². The van der Waals surface area contributed by atoms with Gasteiger partial charge in [-0.05, 0) is 56.0 Å². The number of piperidine rings is 1. The van der Waals surface area contributed by atoms with Crippen LogP contribution in [-0.2, 0) is 41.4 Å². The topological polar surface area (TPSA) is 121 Å². The van der Waals surface area contributed by atoms with Gasteiger partial charge in [-0.3, -0.25) is 9.59 Å². The molecule has 4 unspecified atom stereocenters. The zero-order valence-electron chi connectivity index (χ0n) is 22.1. The number of likely N-dealkylation sites (tertiary alicyclic amines) is 1. The number of hydrogen-bond donors (Lipinski definition) is 1. The lowest BCUT2D eigenvalue weighted by molar-refractivity contribution is -0.344. The van der Waals surface area contributed by atoms with Gasteiger partial charge in [0.2, 0.25) is 6.10 Å². The third kappa shape index (κ3) is 5.31. The SMILES string of the molecule is COc1ccccc1CCCCc1ccccc1OC1CCN(C)C23OC(=O)CC(O)(CC(=O)OC12)C(=O)O3. The van der Waals surface area contributed by atoms with Gasteiger partial charge in [-0.25, -0.2) is 9.69 Å². The molecule has 0 aromatic heterocycles. The fourth-order valence-electron chi connectivity index (χ4n) is 5.47. The van der Waals surface area contributed by atoms with Crippen molar-refractivity contribution in [2.24, 2.45) is 0 Å². The highest BCUT2D eigenvalue weighted by Gasteiger charge is 2.65. The Bertz CT molecular complexity index is 1250. The first-order valence-corrected chi connectivity index (χ1v) is 13.2. The maximum atomic E-state index is 12.9. The molecule has 5 rings (SSSR count). The number of nitrogens with zero attached hydrogens (tertiary/aromatic N) is 1. The number of ether oxygens (including phenoxy) is 5. The van der Waals surface area contributed by atoms with E-state index >= 15 is 0 Å². The number of hydrogen-bond acceptors (Lipinski definition) is 10. The minimum absolute atomic E-state index is 0.318. The number of carbonyl (C=O) groups is 3. The van der Waals surface area contributed by atoms with Gasteiger partial charge in [-0.1, -0.05) is 36.4 Å². The summed E-state index contributed by atoms with van der Waals surface area (Å²) in [6, 6.07) is 15.6. The summed E-state index contributed by atoms with van der Waals surface area (Å²) in [6.45, 7) is 0.318. The number of fused-ring (bicyclic) bond motifs is 2. The Morgan fingerprint density at radius 2 is 1.54 bits per heavy atom. The Kier molecular flexibility index (Phi) is 7.51. The molecule has 3 aliphatic rings. The Morgan fingerprint density at radius 3 is 2.23 bits per heavy atom. The van der Waals surface area contributed by atoms with E-state index in [2.05, 4.69) is 6.07 Å². The van der Waals surface area contributed by atoms with E-state index < -0.39 is 54.5 Å². The number of aryl methyl sites for hydroxylation is 2. The summed E-state index contributed by atoms with van der Waals surface area (Å²) in [5.74, 6) is -3.35. The number of esters is 3. The minimum atomic E-state index is -2.34. The van der Waals surface area contributed by atoms with Crippen molar-refractivity contribution in [3.63, 3.8) is 0 Å². The van der Waals surface area contributed by atoms with Crippen molar-refractivity contribution in [1.29, 1.82) is 0 Å². The first-order valence-electron chi connectivity index (χ1n) is 13.2. The van der Waals surface area contributed by atoms with Crippen molar-refractivity contribution in [2.45, 2.75) is 68.7 Å². The smallest absolute Gasteiger partial charge is 0.362 e. The Labute approximate surface area is 226 Å². The minimum Gasteiger partial charge on any atom is -0.496 e. The molecule has 10 nitrogen and oxygen atoms in total. The molecule has 4 atom stereocenters. The van der Waals surface area contributed by atoms with Crippen LogP contribution in [0.2, 0.25) is 0 Å². The molecule has 10 heteroatoms. The molecule has 3 aliphatic heterocycles. The molecule has 3 saturated heterocycles. The van der Waals surface area contributed by atoms with Gasteiger partial charge in [0, 0.05) is 13.0 Å². The number of carbonyl (C=O) groups excluding carboxylic acids is 3. The van der Waals surface area contributed by atoms with Crippen molar-refractivity contribution in [3.05, 3.63) is 59.7 Å². The highest BCUT2D eigenvalue weighted by molar-refractivity contribution is 5.92. The van der Waals surface area contributed by atoms with Gasteiger partial charge < -0.3 is 28.8 Å². The molecule has 2 aromatic carbocycles. The van der Waals surface area contributed by atoms with Crippen molar-refractivity contribution in [1.82, 2.24) is 4.90 Å². The highest BCUT2D eigenvalue weighted by atomic mass is 16.8. The third-order valence-corrected chi connectivity index (χ3v) is 7.57. The first-order chi connectivity index (χ1) is 18.7. The van der Waals surface area contributed by atoms with Gasteiger partial charge in [0.15, 0.2) is 5.60 Å². The van der Waals surface area contributed by atoms with Crippen LogP contribution in [0.4, 0.5) is 0 Å². The molecular formula is C29H33NO9. The number of rotatable bonds is 8. The summed E-state index contributed by atoms with van der Waals surface area (Å²) < 4.78 is 28.8. The number of unbranched alkanes of at least 4 members (excludes halogenated alkanes) is 1. The predicted molar refractivity (Wildman–Crippen MR) is 137 cm³/mol. The second-order valence-electron chi connectivity index (χ2n) is 10.3. The van der Waals surface area contributed by atoms with E-state index in [0.717, 1.165) is 42.6 Å². The van der Waals surface area contributed by atoms with E-state index in [1.807, 2.05) is 42.5 Å². The molecule has 3 fully saturated rings. The number of likely N-dealkylation sites (N-methyl/N-ethyl adjacent to an activating group) is 1. The first kappa shape index (κ1) is 27.0. The number of benzene rings is 2. The van der Waals surface area contributed by atoms with E-state index in [9.17, 15) is 19.5 Å². The van der Waals surface area contributed by atoms with Crippen LogP contribution >= 0.6 is 0 Å². The monoisotopic (exact) mass is 539 g/mol. The summed E-state index contributed by atoms with van der Waals surface area (Å²) in [5, 5.41) is 10.7. The van der Waals surface area contributed by atoms with Crippen LogP contribution in [0, 0.1) is 0 Å². The maximum Gasteiger partial charge on any atom is 0.362 e. The largest absolute Gasteiger partial charge is 0.496 e. The number of aliphatic hydroxyl groups is 1. The number of methoxy groups -OCH3 is 1. The van der Waals surface area contributed by atoms with Crippen LogP contribution in [0.3, 0.4) is 0 Å². The third-order valence-electron chi connectivity index (χ3n) is 7.57. The average molecular weight is 540 g/mol. The summed E-state index contributed by atoms with van der Waals surface area (Å²) in [5.41, 5.74) is -0.202. The van der Waals surface area contributed by atoms with Gasteiger partial charge in [0.25, 0.3) is 0 Å². The van der Waals surface area contributed by atoms with Gasteiger partial charge in [0.05, 0.1) is 20.0 Å². The van der Waals surface area contributed by atoms with Crippen molar-refractivity contribution in [3.8, 4) is 11.5 Å². The van der Waals surface area contributed by atoms with Crippen molar-refractivity contribution in [2.75, 3.05) is 20.7 Å². The fourth-order valence-corrected chi connectivity index (χ4v) is 5.47. The molecular weight excluding hydrogens is 506 g/mol. The molecule has 0 amide bonds. The summed E-state index contributed by atoms with van der Waals surface area (Å²) in [7, 11) is 3.27. The molecule has 0 radical (unpaired) electrons. The highest BCUT2D eigenvalue weighted by Crippen LogP contribution is 2.41. The normalized spacial score (nSPS) is 28.7. The van der Waals surface area contributed by atoms with E-state index in [0.29, 0.717) is 18.7 Å². The molecule has 39 heavy (non-hydrogen) atoms. The molecule has 3 heterocycles. The Hall–Kier alpha value is -3.63. The fraction of sp³-hybridized carbons (Fsp3) is 0.483. The van der Waals surface area contributed by atoms with Gasteiger partial charge in [-0.15, -0.1) is 0 Å². The van der Waals surface area contributed by atoms with Crippen LogP contribution in [-0.4, -0.2) is 72.3 Å². The van der Waals surface area contributed by atoms with Crippen molar-refractivity contribution >= 4 is 17.9 Å². The van der Waals surface area contributed by atoms with Gasteiger partial charge in [-0.2, -0.15) is 0 Å². The predicted octanol–water partition coefficient (Wildman–Crippen LogP) is 2.53. The molecule has 1 spiro atoms.